The van der Waals surface area contributed by atoms with Gasteiger partial charge in [0.2, 0.25) is 0 Å². The van der Waals surface area contributed by atoms with E-state index in [1.54, 1.807) is 0 Å². The van der Waals surface area contributed by atoms with Gasteiger partial charge < -0.3 is 5.73 Å². The molecule has 2 N–H and O–H groups in total. The molecule has 0 atom stereocenters. The van der Waals surface area contributed by atoms with E-state index in [2.05, 4.69) is 4.98 Å². The summed E-state index contributed by atoms with van der Waals surface area (Å²) in [6.45, 7) is 0. The average molecular weight is 170 g/mol. The molecule has 0 aliphatic heterocycles. The average Bonchev–Trinajstić information content (AvgIpc) is 2.05. The molecular formula is C8H8F2N2. The van der Waals surface area contributed by atoms with Gasteiger partial charge in [-0.2, -0.15) is 0 Å². The quantitative estimate of drug-likeness (QED) is 0.736. The zero-order valence-electron chi connectivity index (χ0n) is 6.24. The Balaban J connectivity index is 3.08. The Morgan fingerprint density at radius 1 is 1.50 bits per heavy atom. The molecule has 1 aromatic rings. The number of hydrogen-bond donors (Lipinski definition) is 1. The maximum atomic E-state index is 12.2. The van der Waals surface area contributed by atoms with Crippen molar-refractivity contribution in [3.63, 3.8) is 0 Å². The second-order valence-corrected chi connectivity index (χ2v) is 2.14. The summed E-state index contributed by atoms with van der Waals surface area (Å²) in [4.78, 5) is 3.74. The van der Waals surface area contributed by atoms with Crippen molar-refractivity contribution >= 4 is 6.08 Å². The first-order chi connectivity index (χ1) is 5.75. The minimum absolute atomic E-state index is 0.0980. The number of nitrogens with zero attached hydrogens (tertiary/aromatic N) is 1. The lowest BCUT2D eigenvalue weighted by Gasteiger charge is -2.01. The number of aromatic nitrogens is 1. The lowest BCUT2D eigenvalue weighted by molar-refractivity contribution is 0.150. The van der Waals surface area contributed by atoms with E-state index < -0.39 is 6.43 Å². The highest BCUT2D eigenvalue weighted by atomic mass is 19.3. The standard InChI is InChI=1S/C8H8F2N2/c9-8(10)6-2-1-5-12-7(6)3-4-11/h1-5,8H,11H2/b4-3-. The van der Waals surface area contributed by atoms with Crippen molar-refractivity contribution in [1.82, 2.24) is 4.98 Å². The van der Waals surface area contributed by atoms with Crippen molar-refractivity contribution in [3.8, 4) is 0 Å². The first-order valence-corrected chi connectivity index (χ1v) is 3.37. The molecule has 0 fully saturated rings. The fourth-order valence-corrected chi connectivity index (χ4v) is 0.845. The summed E-state index contributed by atoms with van der Waals surface area (Å²) < 4.78 is 24.5. The van der Waals surface area contributed by atoms with Crippen LogP contribution >= 0.6 is 0 Å². The molecule has 0 aromatic carbocycles. The fraction of sp³-hybridized carbons (Fsp3) is 0.125. The van der Waals surface area contributed by atoms with Gasteiger partial charge in [0.05, 0.1) is 5.69 Å². The van der Waals surface area contributed by atoms with Gasteiger partial charge in [-0.1, -0.05) is 0 Å². The largest absolute Gasteiger partial charge is 0.405 e. The Morgan fingerprint density at radius 3 is 2.83 bits per heavy atom. The number of rotatable bonds is 2. The molecule has 0 radical (unpaired) electrons. The molecule has 64 valence electrons. The molecule has 4 heteroatoms. The molecule has 0 spiro atoms. The van der Waals surface area contributed by atoms with E-state index in [0.29, 0.717) is 0 Å². The van der Waals surface area contributed by atoms with E-state index >= 15 is 0 Å². The molecule has 1 heterocycles. The molecule has 2 nitrogen and oxygen atoms in total. The van der Waals surface area contributed by atoms with Crippen molar-refractivity contribution in [1.29, 1.82) is 0 Å². The molecule has 0 unspecified atom stereocenters. The van der Waals surface area contributed by atoms with Crippen LogP contribution in [-0.2, 0) is 0 Å². The second kappa shape index (κ2) is 3.80. The lowest BCUT2D eigenvalue weighted by atomic mass is 10.2. The SMILES string of the molecule is N/C=C\c1ncccc1C(F)F. The van der Waals surface area contributed by atoms with Gasteiger partial charge >= 0.3 is 0 Å². The Kier molecular flexibility index (Phi) is 2.74. The highest BCUT2D eigenvalue weighted by Gasteiger charge is 2.10. The van der Waals surface area contributed by atoms with Gasteiger partial charge in [-0.05, 0) is 24.4 Å². The van der Waals surface area contributed by atoms with Crippen LogP contribution in [0.1, 0.15) is 17.7 Å². The maximum Gasteiger partial charge on any atom is 0.265 e. The van der Waals surface area contributed by atoms with Crippen LogP contribution in [0.2, 0.25) is 0 Å². The van der Waals surface area contributed by atoms with Crippen molar-refractivity contribution < 1.29 is 8.78 Å². The van der Waals surface area contributed by atoms with E-state index in [4.69, 9.17) is 5.73 Å². The zero-order valence-corrected chi connectivity index (χ0v) is 6.24. The molecule has 12 heavy (non-hydrogen) atoms. The summed E-state index contributed by atoms with van der Waals surface area (Å²) in [6, 6.07) is 2.79. The van der Waals surface area contributed by atoms with E-state index in [9.17, 15) is 8.78 Å². The zero-order chi connectivity index (χ0) is 8.97. The van der Waals surface area contributed by atoms with Crippen LogP contribution in [0.3, 0.4) is 0 Å². The monoisotopic (exact) mass is 170 g/mol. The lowest BCUT2D eigenvalue weighted by Crippen LogP contribution is -1.92. The van der Waals surface area contributed by atoms with Gasteiger partial charge in [-0.3, -0.25) is 4.98 Å². The summed E-state index contributed by atoms with van der Waals surface area (Å²) in [5, 5.41) is 0. The van der Waals surface area contributed by atoms with Gasteiger partial charge in [-0.15, -0.1) is 0 Å². The molecule has 0 saturated heterocycles. The number of pyridine rings is 1. The highest BCUT2D eigenvalue weighted by molar-refractivity contribution is 5.48. The normalized spacial score (nSPS) is 11.2. The van der Waals surface area contributed by atoms with Crippen molar-refractivity contribution in [2.75, 3.05) is 0 Å². The Bertz CT molecular complexity index is 284. The van der Waals surface area contributed by atoms with Crippen LogP contribution in [0, 0.1) is 0 Å². The topological polar surface area (TPSA) is 38.9 Å². The first-order valence-electron chi connectivity index (χ1n) is 3.37. The van der Waals surface area contributed by atoms with Crippen LogP contribution in [-0.4, -0.2) is 4.98 Å². The molecule has 0 amide bonds. The first kappa shape index (κ1) is 8.64. The Morgan fingerprint density at radius 2 is 2.25 bits per heavy atom. The predicted molar refractivity (Wildman–Crippen MR) is 42.4 cm³/mol. The molecule has 0 aliphatic rings. The fourth-order valence-electron chi connectivity index (χ4n) is 0.845. The highest BCUT2D eigenvalue weighted by Crippen LogP contribution is 2.21. The maximum absolute atomic E-state index is 12.2. The van der Waals surface area contributed by atoms with E-state index in [-0.39, 0.29) is 11.3 Å². The molecule has 1 aromatic heterocycles. The van der Waals surface area contributed by atoms with Gasteiger partial charge in [0, 0.05) is 11.8 Å². The van der Waals surface area contributed by atoms with Crippen LogP contribution in [0.5, 0.6) is 0 Å². The third-order valence-corrected chi connectivity index (χ3v) is 1.36. The number of halogens is 2. The number of hydrogen-bond acceptors (Lipinski definition) is 2. The second-order valence-electron chi connectivity index (χ2n) is 2.14. The summed E-state index contributed by atoms with van der Waals surface area (Å²) in [5.41, 5.74) is 5.18. The molecule has 0 bridgehead atoms. The van der Waals surface area contributed by atoms with Gasteiger partial charge in [0.15, 0.2) is 0 Å². The third kappa shape index (κ3) is 1.78. The Hall–Kier alpha value is -1.45. The Labute approximate surface area is 68.7 Å². The summed E-state index contributed by atoms with van der Waals surface area (Å²) in [6.07, 6.45) is 1.47. The predicted octanol–water partition coefficient (Wildman–Crippen LogP) is 1.95. The van der Waals surface area contributed by atoms with Crippen LogP contribution in [0.15, 0.2) is 24.5 Å². The minimum atomic E-state index is -2.51. The van der Waals surface area contributed by atoms with Crippen molar-refractivity contribution in [2.45, 2.75) is 6.43 Å². The summed E-state index contributed by atoms with van der Waals surface area (Å²) in [7, 11) is 0. The summed E-state index contributed by atoms with van der Waals surface area (Å²) >= 11 is 0. The van der Waals surface area contributed by atoms with Crippen LogP contribution in [0.25, 0.3) is 6.08 Å². The number of nitrogens with two attached hydrogens (primary N) is 1. The third-order valence-electron chi connectivity index (χ3n) is 1.36. The smallest absolute Gasteiger partial charge is 0.265 e. The van der Waals surface area contributed by atoms with Crippen LogP contribution < -0.4 is 5.73 Å². The molecular weight excluding hydrogens is 162 g/mol. The van der Waals surface area contributed by atoms with Crippen LogP contribution in [0.4, 0.5) is 8.78 Å². The molecule has 0 aliphatic carbocycles. The van der Waals surface area contributed by atoms with Gasteiger partial charge in [0.25, 0.3) is 6.43 Å². The molecule has 0 saturated carbocycles. The van der Waals surface area contributed by atoms with Gasteiger partial charge in [0.1, 0.15) is 0 Å². The summed E-state index contributed by atoms with van der Waals surface area (Å²) in [5.74, 6) is 0. The van der Waals surface area contributed by atoms with E-state index in [0.717, 1.165) is 0 Å². The van der Waals surface area contributed by atoms with E-state index in [1.165, 1.54) is 30.6 Å². The van der Waals surface area contributed by atoms with Crippen molar-refractivity contribution in [2.24, 2.45) is 5.73 Å². The number of alkyl halides is 2. The van der Waals surface area contributed by atoms with Gasteiger partial charge in [-0.25, -0.2) is 8.78 Å². The van der Waals surface area contributed by atoms with E-state index in [1.807, 2.05) is 0 Å². The molecule has 1 rings (SSSR count). The minimum Gasteiger partial charge on any atom is -0.405 e. The van der Waals surface area contributed by atoms with Crippen molar-refractivity contribution in [3.05, 3.63) is 35.8 Å².